The zero-order valence-electron chi connectivity index (χ0n) is 13.0. The van der Waals surface area contributed by atoms with Crippen molar-refractivity contribution >= 4 is 17.5 Å². The van der Waals surface area contributed by atoms with E-state index in [9.17, 15) is 4.79 Å². The van der Waals surface area contributed by atoms with Gasteiger partial charge in [-0.1, -0.05) is 42.5 Å². The van der Waals surface area contributed by atoms with E-state index < -0.39 is 5.54 Å². The highest BCUT2D eigenvalue weighted by molar-refractivity contribution is 7.98. The maximum Gasteiger partial charge on any atom is 0.172 e. The third-order valence-corrected chi connectivity index (χ3v) is 4.71. The van der Waals surface area contributed by atoms with Gasteiger partial charge in [0.05, 0.1) is 0 Å². The molecular formula is C18H17N3OS. The summed E-state index contributed by atoms with van der Waals surface area (Å²) in [4.78, 5) is 18.0. The Bertz CT molecular complexity index is 785. The molecule has 0 fully saturated rings. The second kappa shape index (κ2) is 6.38. The van der Waals surface area contributed by atoms with Crippen molar-refractivity contribution in [2.75, 3.05) is 6.26 Å². The Balaban J connectivity index is 2.30. The van der Waals surface area contributed by atoms with Gasteiger partial charge in [-0.3, -0.25) is 4.79 Å². The number of benzene rings is 2. The van der Waals surface area contributed by atoms with Gasteiger partial charge >= 0.3 is 0 Å². The highest BCUT2D eigenvalue weighted by Gasteiger charge is 2.42. The molecule has 4 nitrogen and oxygen atoms in total. The maximum atomic E-state index is 12.8. The summed E-state index contributed by atoms with van der Waals surface area (Å²) in [6.45, 7) is 1.59. The largest absolute Gasteiger partial charge is 0.296 e. The fourth-order valence-electron chi connectivity index (χ4n) is 2.89. The number of rotatable bonds is 5. The molecule has 5 heteroatoms. The first-order valence-corrected chi connectivity index (χ1v) is 8.48. The number of Topliss-reactive ketones (excluding diaryl/α,β-unsaturated/α-hetero) is 1. The van der Waals surface area contributed by atoms with Gasteiger partial charge in [-0.15, -0.1) is 11.8 Å². The van der Waals surface area contributed by atoms with Gasteiger partial charge in [0.25, 0.3) is 0 Å². The van der Waals surface area contributed by atoms with Crippen LogP contribution in [-0.2, 0) is 10.3 Å². The van der Waals surface area contributed by atoms with Gasteiger partial charge in [0.2, 0.25) is 0 Å². The molecule has 0 N–H and O–H groups in total. The molecule has 3 rings (SSSR count). The predicted octanol–water partition coefficient (Wildman–Crippen LogP) is 3.38. The number of nitrogens with zero attached hydrogens (tertiary/aromatic N) is 3. The van der Waals surface area contributed by atoms with E-state index in [0.29, 0.717) is 0 Å². The van der Waals surface area contributed by atoms with Crippen molar-refractivity contribution in [3.05, 3.63) is 78.4 Å². The molecule has 116 valence electrons. The van der Waals surface area contributed by atoms with Crippen LogP contribution in [0.15, 0.2) is 72.1 Å². The number of carbonyl (C=O) groups excluding carboxylic acids is 1. The average molecular weight is 323 g/mol. The summed E-state index contributed by atoms with van der Waals surface area (Å²) in [7, 11) is 0. The first-order valence-electron chi connectivity index (χ1n) is 7.25. The molecule has 3 aromatic rings. The SMILES string of the molecule is CSc1ccc(C(C(C)=O)(c2ccccc2)n2cncn2)cc1. The van der Waals surface area contributed by atoms with Crippen LogP contribution in [0.4, 0.5) is 0 Å². The van der Waals surface area contributed by atoms with Gasteiger partial charge in [-0.2, -0.15) is 5.10 Å². The topological polar surface area (TPSA) is 47.8 Å². The van der Waals surface area contributed by atoms with Crippen molar-refractivity contribution in [2.24, 2.45) is 0 Å². The fourth-order valence-corrected chi connectivity index (χ4v) is 3.30. The van der Waals surface area contributed by atoms with Crippen molar-refractivity contribution in [3.63, 3.8) is 0 Å². The van der Waals surface area contributed by atoms with Crippen LogP contribution in [0.2, 0.25) is 0 Å². The van der Waals surface area contributed by atoms with Gasteiger partial charge in [-0.05, 0) is 36.4 Å². The van der Waals surface area contributed by atoms with E-state index in [4.69, 9.17) is 0 Å². The van der Waals surface area contributed by atoms with Crippen molar-refractivity contribution in [1.29, 1.82) is 0 Å². The molecule has 1 unspecified atom stereocenters. The lowest BCUT2D eigenvalue weighted by molar-refractivity contribution is -0.122. The highest BCUT2D eigenvalue weighted by Crippen LogP contribution is 2.35. The maximum absolute atomic E-state index is 12.8. The lowest BCUT2D eigenvalue weighted by atomic mass is 9.80. The van der Waals surface area contributed by atoms with Crippen LogP contribution >= 0.6 is 11.8 Å². The Morgan fingerprint density at radius 1 is 1.04 bits per heavy atom. The predicted molar refractivity (Wildman–Crippen MR) is 91.5 cm³/mol. The van der Waals surface area contributed by atoms with Gasteiger partial charge in [0, 0.05) is 4.90 Å². The van der Waals surface area contributed by atoms with Crippen LogP contribution in [0, 0.1) is 0 Å². The number of aromatic nitrogens is 3. The van der Waals surface area contributed by atoms with Crippen LogP contribution in [0.5, 0.6) is 0 Å². The number of carbonyl (C=O) groups is 1. The van der Waals surface area contributed by atoms with E-state index >= 15 is 0 Å². The van der Waals surface area contributed by atoms with Gasteiger partial charge in [0.15, 0.2) is 11.3 Å². The second-order valence-corrected chi connectivity index (χ2v) is 6.08. The van der Waals surface area contributed by atoms with Crippen molar-refractivity contribution < 1.29 is 4.79 Å². The zero-order valence-corrected chi connectivity index (χ0v) is 13.8. The van der Waals surface area contributed by atoms with Crippen molar-refractivity contribution in [3.8, 4) is 0 Å². The fraction of sp³-hybridized carbons (Fsp3) is 0.167. The third-order valence-electron chi connectivity index (χ3n) is 3.97. The van der Waals surface area contributed by atoms with Gasteiger partial charge < -0.3 is 0 Å². The molecule has 1 heterocycles. The van der Waals surface area contributed by atoms with Crippen LogP contribution in [0.3, 0.4) is 0 Å². The summed E-state index contributed by atoms with van der Waals surface area (Å²) in [6, 6.07) is 17.7. The van der Waals surface area contributed by atoms with E-state index in [1.54, 1.807) is 29.7 Å². The number of hydrogen-bond donors (Lipinski definition) is 0. The molecule has 0 aliphatic heterocycles. The van der Waals surface area contributed by atoms with Crippen molar-refractivity contribution in [2.45, 2.75) is 17.4 Å². The van der Waals surface area contributed by atoms with E-state index in [2.05, 4.69) is 10.1 Å². The first kappa shape index (κ1) is 15.5. The van der Waals surface area contributed by atoms with Gasteiger partial charge in [-0.25, -0.2) is 9.67 Å². The standard InChI is InChI=1S/C18H17N3OS/c1-14(22)18(21-13-19-12-20-21,15-6-4-3-5-7-15)16-8-10-17(23-2)11-9-16/h3-13H,1-2H3. The zero-order chi connectivity index (χ0) is 16.3. The minimum Gasteiger partial charge on any atom is -0.296 e. The quantitative estimate of drug-likeness (QED) is 0.675. The molecule has 0 aliphatic carbocycles. The van der Waals surface area contributed by atoms with Crippen LogP contribution in [-0.4, -0.2) is 26.8 Å². The molecule has 2 aromatic carbocycles. The Hall–Kier alpha value is -2.40. The summed E-state index contributed by atoms with van der Waals surface area (Å²) in [6.07, 6.45) is 5.08. The normalized spacial score (nSPS) is 13.5. The summed E-state index contributed by atoms with van der Waals surface area (Å²) in [5.41, 5.74) is 0.740. The minimum atomic E-state index is -1.01. The lowest BCUT2D eigenvalue weighted by Gasteiger charge is -2.32. The summed E-state index contributed by atoms with van der Waals surface area (Å²) < 4.78 is 1.64. The molecule has 0 amide bonds. The van der Waals surface area contributed by atoms with E-state index in [-0.39, 0.29) is 5.78 Å². The third kappa shape index (κ3) is 2.57. The molecule has 23 heavy (non-hydrogen) atoms. The smallest absolute Gasteiger partial charge is 0.172 e. The molecule has 0 bridgehead atoms. The summed E-state index contributed by atoms with van der Waals surface area (Å²) in [5.74, 6) is -0.00824. The molecule has 0 spiro atoms. The molecule has 1 atom stereocenters. The molecule has 0 radical (unpaired) electrons. The Morgan fingerprint density at radius 2 is 1.70 bits per heavy atom. The number of thioether (sulfide) groups is 1. The molecule has 0 saturated carbocycles. The van der Waals surface area contributed by atoms with E-state index in [1.165, 1.54) is 6.33 Å². The Morgan fingerprint density at radius 3 is 2.22 bits per heavy atom. The highest BCUT2D eigenvalue weighted by atomic mass is 32.2. The van der Waals surface area contributed by atoms with Crippen LogP contribution < -0.4 is 0 Å². The van der Waals surface area contributed by atoms with E-state index in [0.717, 1.165) is 16.0 Å². The monoisotopic (exact) mass is 323 g/mol. The molecule has 0 saturated heterocycles. The number of ketones is 1. The van der Waals surface area contributed by atoms with Crippen molar-refractivity contribution in [1.82, 2.24) is 14.8 Å². The number of hydrogen-bond acceptors (Lipinski definition) is 4. The summed E-state index contributed by atoms with van der Waals surface area (Å²) >= 11 is 1.67. The Labute approximate surface area is 139 Å². The molecular weight excluding hydrogens is 306 g/mol. The van der Waals surface area contributed by atoms with Gasteiger partial charge in [0.1, 0.15) is 12.7 Å². The molecule has 1 aromatic heterocycles. The lowest BCUT2D eigenvalue weighted by Crippen LogP contribution is -2.43. The van der Waals surface area contributed by atoms with Crippen LogP contribution in [0.25, 0.3) is 0 Å². The van der Waals surface area contributed by atoms with E-state index in [1.807, 2.05) is 60.9 Å². The minimum absolute atomic E-state index is 0.00824. The van der Waals surface area contributed by atoms with Crippen LogP contribution in [0.1, 0.15) is 18.1 Å². The average Bonchev–Trinajstić information content (AvgIpc) is 3.11. The molecule has 0 aliphatic rings. The first-order chi connectivity index (χ1) is 11.2. The summed E-state index contributed by atoms with van der Waals surface area (Å²) in [5, 5.41) is 4.28. The Kier molecular flexibility index (Phi) is 4.30. The second-order valence-electron chi connectivity index (χ2n) is 5.20.